The number of nitrogens with two attached hydrogens (primary N) is 1. The first kappa shape index (κ1) is 15.4. The summed E-state index contributed by atoms with van der Waals surface area (Å²) >= 11 is 5.98. The molecule has 0 atom stereocenters. The Balaban J connectivity index is 2.32. The van der Waals surface area contributed by atoms with Gasteiger partial charge in [-0.3, -0.25) is 0 Å². The second-order valence-corrected chi connectivity index (χ2v) is 6.25. The molecule has 0 saturated carbocycles. The molecule has 2 aromatic rings. The first-order valence-corrected chi connectivity index (χ1v) is 7.03. The number of ether oxygens (including phenoxy) is 1. The summed E-state index contributed by atoms with van der Waals surface area (Å²) in [6.45, 7) is 5.46. The van der Waals surface area contributed by atoms with Crippen LogP contribution in [0.15, 0.2) is 42.5 Å². The molecule has 0 aliphatic rings. The highest BCUT2D eigenvalue weighted by atomic mass is 35.5. The molecule has 2 rings (SSSR count). The number of halogens is 1. The van der Waals surface area contributed by atoms with E-state index in [0.717, 1.165) is 11.1 Å². The third kappa shape index (κ3) is 3.99. The van der Waals surface area contributed by atoms with Gasteiger partial charge in [0.1, 0.15) is 5.60 Å². The number of anilines is 1. The zero-order chi connectivity index (χ0) is 15.6. The van der Waals surface area contributed by atoms with Crippen LogP contribution in [0.4, 0.5) is 5.69 Å². The number of hydrogen-bond donors (Lipinski definition) is 1. The Hall–Kier alpha value is -2.00. The van der Waals surface area contributed by atoms with Crippen LogP contribution in [0.2, 0.25) is 5.02 Å². The lowest BCUT2D eigenvalue weighted by Gasteiger charge is -2.20. The summed E-state index contributed by atoms with van der Waals surface area (Å²) < 4.78 is 5.33. The highest BCUT2D eigenvalue weighted by Crippen LogP contribution is 2.27. The van der Waals surface area contributed by atoms with Gasteiger partial charge in [0.2, 0.25) is 0 Å². The number of carbonyl (C=O) groups excluding carboxylic acids is 1. The maximum Gasteiger partial charge on any atom is 0.340 e. The van der Waals surface area contributed by atoms with Crippen molar-refractivity contribution >= 4 is 23.3 Å². The predicted octanol–water partition coefficient (Wildman–Crippen LogP) is 4.54. The Morgan fingerprint density at radius 3 is 2.33 bits per heavy atom. The zero-order valence-electron chi connectivity index (χ0n) is 12.3. The molecule has 0 aliphatic heterocycles. The highest BCUT2D eigenvalue weighted by molar-refractivity contribution is 6.30. The fraction of sp³-hybridized carbons (Fsp3) is 0.235. The van der Waals surface area contributed by atoms with E-state index in [1.165, 1.54) is 0 Å². The van der Waals surface area contributed by atoms with Crippen LogP contribution in [-0.2, 0) is 4.74 Å². The van der Waals surface area contributed by atoms with Crippen LogP contribution in [0.5, 0.6) is 0 Å². The highest BCUT2D eigenvalue weighted by Gasteiger charge is 2.19. The summed E-state index contributed by atoms with van der Waals surface area (Å²) in [5.74, 6) is -0.419. The van der Waals surface area contributed by atoms with Gasteiger partial charge in [-0.15, -0.1) is 0 Å². The molecular weight excluding hydrogens is 286 g/mol. The van der Waals surface area contributed by atoms with Gasteiger partial charge in [0.05, 0.1) is 5.56 Å². The fourth-order valence-corrected chi connectivity index (χ4v) is 2.12. The number of carbonyl (C=O) groups is 1. The van der Waals surface area contributed by atoms with E-state index < -0.39 is 11.6 Å². The fourth-order valence-electron chi connectivity index (χ4n) is 1.93. The Morgan fingerprint density at radius 2 is 1.76 bits per heavy atom. The Bertz CT molecular complexity index is 675. The maximum absolute atomic E-state index is 12.1. The van der Waals surface area contributed by atoms with Gasteiger partial charge in [0.25, 0.3) is 0 Å². The molecule has 2 N–H and O–H groups in total. The molecule has 0 saturated heterocycles. The van der Waals surface area contributed by atoms with Crippen molar-refractivity contribution in [3.05, 3.63) is 53.1 Å². The maximum atomic E-state index is 12.1. The zero-order valence-corrected chi connectivity index (χ0v) is 13.1. The third-order valence-corrected chi connectivity index (χ3v) is 3.06. The third-order valence-electron chi connectivity index (χ3n) is 2.83. The molecular formula is C17H18ClNO2. The Kier molecular flexibility index (Phi) is 4.24. The molecule has 3 nitrogen and oxygen atoms in total. The van der Waals surface area contributed by atoms with Gasteiger partial charge >= 0.3 is 5.97 Å². The first-order valence-electron chi connectivity index (χ1n) is 6.65. The lowest BCUT2D eigenvalue weighted by atomic mass is 10.0. The largest absolute Gasteiger partial charge is 0.456 e. The minimum atomic E-state index is -0.546. The van der Waals surface area contributed by atoms with Crippen molar-refractivity contribution in [1.29, 1.82) is 0 Å². The number of nitrogen functional groups attached to an aromatic ring is 1. The van der Waals surface area contributed by atoms with E-state index in [1.54, 1.807) is 12.1 Å². The molecule has 0 fully saturated rings. The molecule has 0 spiro atoms. The molecule has 0 amide bonds. The molecule has 110 valence electrons. The van der Waals surface area contributed by atoms with Gasteiger partial charge in [-0.2, -0.15) is 0 Å². The number of hydrogen-bond acceptors (Lipinski definition) is 3. The number of esters is 1. The van der Waals surface area contributed by atoms with Crippen LogP contribution >= 0.6 is 11.6 Å². The SMILES string of the molecule is CC(C)(C)OC(=O)c1ccc(-c2cccc(Cl)c2)cc1N. The van der Waals surface area contributed by atoms with Gasteiger partial charge in [-0.1, -0.05) is 29.8 Å². The molecule has 0 aromatic heterocycles. The van der Waals surface area contributed by atoms with Crippen molar-refractivity contribution in [1.82, 2.24) is 0 Å². The lowest BCUT2D eigenvalue weighted by molar-refractivity contribution is 0.00708. The summed E-state index contributed by atoms with van der Waals surface area (Å²) in [4.78, 5) is 12.1. The molecule has 4 heteroatoms. The van der Waals surface area contributed by atoms with Gasteiger partial charge < -0.3 is 10.5 Å². The second-order valence-electron chi connectivity index (χ2n) is 5.81. The van der Waals surface area contributed by atoms with Crippen LogP contribution < -0.4 is 5.73 Å². The standard InChI is InChI=1S/C17H18ClNO2/c1-17(2,3)21-16(20)14-8-7-12(10-15(14)19)11-5-4-6-13(18)9-11/h4-10H,19H2,1-3H3. The molecule has 21 heavy (non-hydrogen) atoms. The van der Waals surface area contributed by atoms with Crippen molar-refractivity contribution in [3.63, 3.8) is 0 Å². The van der Waals surface area contributed by atoms with E-state index in [1.807, 2.05) is 51.1 Å². The molecule has 0 heterocycles. The van der Waals surface area contributed by atoms with E-state index in [-0.39, 0.29) is 0 Å². The van der Waals surface area contributed by atoms with E-state index in [2.05, 4.69) is 0 Å². The van der Waals surface area contributed by atoms with Crippen LogP contribution in [0.1, 0.15) is 31.1 Å². The van der Waals surface area contributed by atoms with Crippen molar-refractivity contribution < 1.29 is 9.53 Å². The van der Waals surface area contributed by atoms with E-state index in [9.17, 15) is 4.79 Å². The number of rotatable bonds is 2. The summed E-state index contributed by atoms with van der Waals surface area (Å²) in [5, 5.41) is 0.655. The van der Waals surface area contributed by atoms with Crippen LogP contribution in [-0.4, -0.2) is 11.6 Å². The topological polar surface area (TPSA) is 52.3 Å². The van der Waals surface area contributed by atoms with Crippen LogP contribution in [0.25, 0.3) is 11.1 Å². The first-order chi connectivity index (χ1) is 9.76. The quantitative estimate of drug-likeness (QED) is 0.654. The lowest BCUT2D eigenvalue weighted by Crippen LogP contribution is -2.24. The monoisotopic (exact) mass is 303 g/mol. The van der Waals surface area contributed by atoms with Gasteiger partial charge in [-0.25, -0.2) is 4.79 Å². The molecule has 0 radical (unpaired) electrons. The average Bonchev–Trinajstić information content (AvgIpc) is 2.36. The van der Waals surface area contributed by atoms with Crippen molar-refractivity contribution in [3.8, 4) is 11.1 Å². The summed E-state index contributed by atoms with van der Waals surface area (Å²) in [6, 6.07) is 12.7. The van der Waals surface area contributed by atoms with Crippen molar-refractivity contribution in [2.45, 2.75) is 26.4 Å². The van der Waals surface area contributed by atoms with Gasteiger partial charge in [0, 0.05) is 10.7 Å². The normalized spacial score (nSPS) is 11.2. The molecule has 0 aliphatic carbocycles. The average molecular weight is 304 g/mol. The second kappa shape index (κ2) is 5.78. The van der Waals surface area contributed by atoms with Crippen LogP contribution in [0.3, 0.4) is 0 Å². The molecule has 2 aromatic carbocycles. The Morgan fingerprint density at radius 1 is 1.10 bits per heavy atom. The van der Waals surface area contributed by atoms with Gasteiger partial charge in [0.15, 0.2) is 0 Å². The smallest absolute Gasteiger partial charge is 0.340 e. The minimum Gasteiger partial charge on any atom is -0.456 e. The molecule has 0 bridgehead atoms. The summed E-state index contributed by atoms with van der Waals surface area (Å²) in [6.07, 6.45) is 0. The summed E-state index contributed by atoms with van der Waals surface area (Å²) in [7, 11) is 0. The van der Waals surface area contributed by atoms with E-state index in [0.29, 0.717) is 16.3 Å². The van der Waals surface area contributed by atoms with Crippen molar-refractivity contribution in [2.75, 3.05) is 5.73 Å². The van der Waals surface area contributed by atoms with Crippen molar-refractivity contribution in [2.24, 2.45) is 0 Å². The summed E-state index contributed by atoms with van der Waals surface area (Å²) in [5.41, 5.74) is 8.05. The van der Waals surface area contributed by atoms with E-state index >= 15 is 0 Å². The van der Waals surface area contributed by atoms with E-state index in [4.69, 9.17) is 22.1 Å². The molecule has 0 unspecified atom stereocenters. The van der Waals surface area contributed by atoms with Crippen LogP contribution in [0, 0.1) is 0 Å². The number of benzene rings is 2. The Labute approximate surface area is 129 Å². The minimum absolute atomic E-state index is 0.371. The van der Waals surface area contributed by atoms with Gasteiger partial charge in [-0.05, 0) is 56.2 Å². The predicted molar refractivity (Wildman–Crippen MR) is 86.5 cm³/mol.